The molecule has 0 aliphatic carbocycles. The second-order valence-electron chi connectivity index (χ2n) is 6.39. The molecule has 2 N–H and O–H groups in total. The number of aryl methyl sites for hydroxylation is 2. The molecule has 2 amide bonds. The van der Waals surface area contributed by atoms with Crippen molar-refractivity contribution in [2.45, 2.75) is 31.7 Å². The molecule has 1 aromatic carbocycles. The van der Waals surface area contributed by atoms with Crippen LogP contribution in [0.4, 0.5) is 14.3 Å². The van der Waals surface area contributed by atoms with Crippen molar-refractivity contribution in [2.24, 2.45) is 0 Å². The van der Waals surface area contributed by atoms with E-state index in [2.05, 4.69) is 31.1 Å². The molecule has 160 valence electrons. The zero-order valence-electron chi connectivity index (χ0n) is 16.5. The van der Waals surface area contributed by atoms with Crippen LogP contribution in [0.25, 0.3) is 10.4 Å². The van der Waals surface area contributed by atoms with E-state index in [1.807, 2.05) is 6.92 Å². The monoisotopic (exact) mass is 453 g/mol. The predicted molar refractivity (Wildman–Crippen MR) is 110 cm³/mol. The molecule has 0 saturated carbocycles. The summed E-state index contributed by atoms with van der Waals surface area (Å²) in [5.41, 5.74) is 1.07. The van der Waals surface area contributed by atoms with Gasteiger partial charge >= 0.3 is 6.03 Å². The predicted octanol–water partition coefficient (Wildman–Crippen LogP) is 2.03. The van der Waals surface area contributed by atoms with Crippen LogP contribution in [0.5, 0.6) is 0 Å². The van der Waals surface area contributed by atoms with Crippen LogP contribution >= 0.6 is 11.3 Å². The third kappa shape index (κ3) is 4.97. The molecule has 2 aromatic heterocycles. The molecule has 0 fully saturated rings. The van der Waals surface area contributed by atoms with Gasteiger partial charge in [0.15, 0.2) is 20.8 Å². The first-order valence-corrected chi connectivity index (χ1v) is 11.7. The SMILES string of the molecule is CCn1nnnc1CCNC(=O)Nc1nc(C)c(-c2ccc(S(C)(=O)=O)c(F)c2)s1. The smallest absolute Gasteiger partial charge is 0.321 e. The zero-order chi connectivity index (χ0) is 21.9. The topological polar surface area (TPSA) is 132 Å². The number of hydrogen-bond donors (Lipinski definition) is 2. The molecule has 13 heteroatoms. The van der Waals surface area contributed by atoms with Gasteiger partial charge in [-0.15, -0.1) is 5.10 Å². The largest absolute Gasteiger partial charge is 0.337 e. The van der Waals surface area contributed by atoms with Crippen LogP contribution in [-0.4, -0.2) is 52.4 Å². The van der Waals surface area contributed by atoms with E-state index in [1.165, 1.54) is 12.1 Å². The molecule has 0 saturated heterocycles. The van der Waals surface area contributed by atoms with Crippen molar-refractivity contribution < 1.29 is 17.6 Å². The Morgan fingerprint density at radius 1 is 1.33 bits per heavy atom. The van der Waals surface area contributed by atoms with Crippen molar-refractivity contribution >= 4 is 32.3 Å². The van der Waals surface area contributed by atoms with E-state index in [4.69, 9.17) is 0 Å². The summed E-state index contributed by atoms with van der Waals surface area (Å²) < 4.78 is 39.0. The molecule has 0 atom stereocenters. The number of urea groups is 1. The van der Waals surface area contributed by atoms with Gasteiger partial charge < -0.3 is 5.32 Å². The van der Waals surface area contributed by atoms with E-state index in [0.29, 0.717) is 46.6 Å². The highest BCUT2D eigenvalue weighted by atomic mass is 32.2. The van der Waals surface area contributed by atoms with Gasteiger partial charge in [0.05, 0.1) is 10.6 Å². The van der Waals surface area contributed by atoms with Gasteiger partial charge in [0.1, 0.15) is 10.7 Å². The minimum Gasteiger partial charge on any atom is -0.337 e. The number of aromatic nitrogens is 5. The number of carbonyl (C=O) groups excluding carboxylic acids is 1. The maximum atomic E-state index is 14.2. The van der Waals surface area contributed by atoms with Crippen molar-refractivity contribution in [1.29, 1.82) is 0 Å². The third-order valence-corrected chi connectivity index (χ3v) is 6.40. The zero-order valence-corrected chi connectivity index (χ0v) is 18.1. The highest BCUT2D eigenvalue weighted by Crippen LogP contribution is 2.34. The van der Waals surface area contributed by atoms with Crippen molar-refractivity contribution in [3.8, 4) is 10.4 Å². The van der Waals surface area contributed by atoms with Crippen LogP contribution in [0.1, 0.15) is 18.4 Å². The van der Waals surface area contributed by atoms with Gasteiger partial charge in [0, 0.05) is 25.8 Å². The van der Waals surface area contributed by atoms with Crippen molar-refractivity contribution in [2.75, 3.05) is 18.1 Å². The Kier molecular flexibility index (Phi) is 6.41. The molecule has 3 aromatic rings. The Bertz CT molecular complexity index is 1170. The first-order valence-electron chi connectivity index (χ1n) is 8.96. The number of thiazole rings is 1. The normalized spacial score (nSPS) is 11.5. The highest BCUT2D eigenvalue weighted by molar-refractivity contribution is 7.90. The maximum Gasteiger partial charge on any atom is 0.321 e. The number of nitrogens with zero attached hydrogens (tertiary/aromatic N) is 5. The van der Waals surface area contributed by atoms with E-state index < -0.39 is 21.7 Å². The Morgan fingerprint density at radius 3 is 2.77 bits per heavy atom. The number of halogens is 1. The van der Waals surface area contributed by atoms with Crippen LogP contribution in [0.15, 0.2) is 23.1 Å². The molecule has 2 heterocycles. The van der Waals surface area contributed by atoms with Crippen LogP contribution in [0.3, 0.4) is 0 Å². The molecule has 0 bridgehead atoms. The Labute approximate surface area is 176 Å². The number of hydrogen-bond acceptors (Lipinski definition) is 8. The lowest BCUT2D eigenvalue weighted by Gasteiger charge is -2.05. The molecular formula is C17H20FN7O3S2. The summed E-state index contributed by atoms with van der Waals surface area (Å²) in [4.78, 5) is 16.7. The first kappa shape index (κ1) is 21.8. The van der Waals surface area contributed by atoms with Crippen molar-refractivity contribution in [3.05, 3.63) is 35.5 Å². The van der Waals surface area contributed by atoms with Gasteiger partial charge in [-0.2, -0.15) is 0 Å². The number of tetrazole rings is 1. The second kappa shape index (κ2) is 8.83. The summed E-state index contributed by atoms with van der Waals surface area (Å²) in [6.45, 7) is 4.62. The Balaban J connectivity index is 1.64. The van der Waals surface area contributed by atoms with Crippen LogP contribution in [-0.2, 0) is 22.8 Å². The van der Waals surface area contributed by atoms with Gasteiger partial charge in [0.2, 0.25) is 0 Å². The summed E-state index contributed by atoms with van der Waals surface area (Å²) in [6, 6.07) is 3.45. The van der Waals surface area contributed by atoms with Crippen LogP contribution in [0, 0.1) is 12.7 Å². The molecular weight excluding hydrogens is 433 g/mol. The van der Waals surface area contributed by atoms with Gasteiger partial charge in [-0.3, -0.25) is 5.32 Å². The Hall–Kier alpha value is -2.93. The second-order valence-corrected chi connectivity index (χ2v) is 9.38. The average Bonchev–Trinajstić information content (AvgIpc) is 3.26. The fourth-order valence-corrected chi connectivity index (χ4v) is 4.42. The Morgan fingerprint density at radius 2 is 2.10 bits per heavy atom. The van der Waals surface area contributed by atoms with E-state index in [-0.39, 0.29) is 4.90 Å². The number of amides is 2. The summed E-state index contributed by atoms with van der Waals surface area (Å²) >= 11 is 1.16. The van der Waals surface area contributed by atoms with Crippen LogP contribution < -0.4 is 10.6 Å². The summed E-state index contributed by atoms with van der Waals surface area (Å²) in [6.07, 6.45) is 1.43. The molecule has 0 spiro atoms. The summed E-state index contributed by atoms with van der Waals surface area (Å²) in [7, 11) is -3.65. The van der Waals surface area contributed by atoms with E-state index in [0.717, 1.165) is 23.7 Å². The molecule has 30 heavy (non-hydrogen) atoms. The van der Waals surface area contributed by atoms with E-state index in [1.54, 1.807) is 11.6 Å². The number of benzene rings is 1. The van der Waals surface area contributed by atoms with Crippen LogP contribution in [0.2, 0.25) is 0 Å². The molecule has 0 aliphatic heterocycles. The minimum atomic E-state index is -3.65. The maximum absolute atomic E-state index is 14.2. The van der Waals surface area contributed by atoms with Gasteiger partial charge in [-0.05, 0) is 42.0 Å². The number of nitrogens with one attached hydrogen (secondary N) is 2. The van der Waals surface area contributed by atoms with Gasteiger partial charge in [-0.25, -0.2) is 27.3 Å². The molecule has 10 nitrogen and oxygen atoms in total. The third-order valence-electron chi connectivity index (χ3n) is 4.15. The lowest BCUT2D eigenvalue weighted by molar-refractivity contribution is 0.252. The number of rotatable bonds is 7. The minimum absolute atomic E-state index is 0.335. The average molecular weight is 454 g/mol. The van der Waals surface area contributed by atoms with Crippen molar-refractivity contribution in [3.63, 3.8) is 0 Å². The molecule has 0 unspecified atom stereocenters. The fraction of sp³-hybridized carbons (Fsp3) is 0.353. The van der Waals surface area contributed by atoms with Crippen molar-refractivity contribution in [1.82, 2.24) is 30.5 Å². The van der Waals surface area contributed by atoms with Gasteiger partial charge in [-0.1, -0.05) is 17.4 Å². The quantitative estimate of drug-likeness (QED) is 0.559. The summed E-state index contributed by atoms with van der Waals surface area (Å²) in [5.74, 6) is -0.158. The molecule has 0 radical (unpaired) electrons. The number of sulfone groups is 1. The summed E-state index contributed by atoms with van der Waals surface area (Å²) in [5, 5.41) is 17.0. The van der Waals surface area contributed by atoms with E-state index in [9.17, 15) is 17.6 Å². The highest BCUT2D eigenvalue weighted by Gasteiger charge is 2.17. The first-order chi connectivity index (χ1) is 14.2. The standard InChI is InChI=1S/C17H20FN7O3S2/c1-4-25-14(22-23-24-25)7-8-19-16(26)21-17-20-10(2)15(29-17)11-5-6-13(12(18)9-11)30(3,27)28/h5-6,9H,4,7-8H2,1-3H3,(H2,19,20,21,26). The van der Waals surface area contributed by atoms with E-state index >= 15 is 0 Å². The number of carbonyl (C=O) groups is 1. The molecule has 0 aliphatic rings. The number of anilines is 1. The fourth-order valence-electron chi connectivity index (χ4n) is 2.74. The molecule has 3 rings (SSSR count). The lowest BCUT2D eigenvalue weighted by atomic mass is 10.1. The van der Waals surface area contributed by atoms with Gasteiger partial charge in [0.25, 0.3) is 0 Å². The lowest BCUT2D eigenvalue weighted by Crippen LogP contribution is -2.31.